The van der Waals surface area contributed by atoms with Crippen LogP contribution in [0.15, 0.2) is 109 Å². The Morgan fingerprint density at radius 1 is 0.455 bits per heavy atom. The normalized spacial score (nSPS) is 9.91. The van der Waals surface area contributed by atoms with Crippen molar-refractivity contribution in [3.8, 4) is 46.0 Å². The smallest absolute Gasteiger partial charge is 0.338 e. The summed E-state index contributed by atoms with van der Waals surface area (Å²) in [7, 11) is 0. The van der Waals surface area contributed by atoms with Crippen molar-refractivity contribution in [3.63, 3.8) is 0 Å². The molecule has 3 rings (SSSR count). The summed E-state index contributed by atoms with van der Waals surface area (Å²) in [6.07, 6.45) is 0. The second kappa shape index (κ2) is 14.3. The highest BCUT2D eigenvalue weighted by Crippen LogP contribution is 2.34. The average molecular weight is 591 g/mol. The van der Waals surface area contributed by atoms with Gasteiger partial charge in [-0.15, -0.1) is 0 Å². The number of esters is 4. The number of hydrogen-bond donors (Lipinski definition) is 0. The van der Waals surface area contributed by atoms with Crippen LogP contribution in [0.3, 0.4) is 0 Å². The molecular weight excluding hydrogens is 560 g/mol. The lowest BCUT2D eigenvalue weighted by molar-refractivity contribution is -0.132. The van der Waals surface area contributed by atoms with Crippen LogP contribution in [-0.4, -0.2) is 23.9 Å². The highest BCUT2D eigenvalue weighted by Gasteiger charge is 2.17. The third kappa shape index (κ3) is 8.78. The lowest BCUT2D eigenvalue weighted by Gasteiger charge is -2.12. The van der Waals surface area contributed by atoms with Crippen molar-refractivity contribution in [2.75, 3.05) is 0 Å². The van der Waals surface area contributed by atoms with Gasteiger partial charge in [-0.05, 0) is 75.2 Å². The van der Waals surface area contributed by atoms with Gasteiger partial charge in [0.1, 0.15) is 0 Å². The zero-order valence-corrected chi connectivity index (χ0v) is 24.9. The number of carbonyl (C=O) groups excluding carboxylic acids is 4. The van der Waals surface area contributed by atoms with Gasteiger partial charge in [0.25, 0.3) is 0 Å². The number of carbonyl (C=O) groups is 4. The molecule has 0 aliphatic rings. The largest absolute Gasteiger partial charge is 0.419 e. The van der Waals surface area contributed by atoms with Gasteiger partial charge in [-0.25, -0.2) is 19.2 Å². The molecule has 0 aliphatic carbocycles. The van der Waals surface area contributed by atoms with E-state index in [1.807, 2.05) is 12.1 Å². The van der Waals surface area contributed by atoms with Gasteiger partial charge in [-0.1, -0.05) is 56.4 Å². The molecule has 222 valence electrons. The van der Waals surface area contributed by atoms with Gasteiger partial charge in [-0.3, -0.25) is 0 Å². The van der Waals surface area contributed by atoms with E-state index in [1.165, 1.54) is 45.9 Å². The Bertz CT molecular complexity index is 1780. The van der Waals surface area contributed by atoms with E-state index in [2.05, 4.69) is 38.2 Å². The van der Waals surface area contributed by atoms with Crippen LogP contribution in [0.1, 0.15) is 38.8 Å². The van der Waals surface area contributed by atoms with Crippen LogP contribution < -0.4 is 18.9 Å². The molecule has 0 aliphatic heterocycles. The maximum absolute atomic E-state index is 12.2. The molecular formula is C36H30O8. The standard InChI is InChI=1S/C36H30O8/c1-21(2)33(37)41-29-17-13-26(19-31(29)43-35(39)23(5)6)10-9-25-11-14-27(15-12-25)28-16-18-30(42-34(38)22(3)4)32(20-28)44-36(40)24(7)8/h11-20H,1,3,5,7H2,2,4,6,8H3. The van der Waals surface area contributed by atoms with Crippen LogP contribution in [0, 0.1) is 11.8 Å². The lowest BCUT2D eigenvalue weighted by atomic mass is 10.0. The highest BCUT2D eigenvalue weighted by atomic mass is 16.6. The molecule has 44 heavy (non-hydrogen) atoms. The van der Waals surface area contributed by atoms with Crippen molar-refractivity contribution in [3.05, 3.63) is 120 Å². The summed E-state index contributed by atoms with van der Waals surface area (Å²) < 4.78 is 21.4. The van der Waals surface area contributed by atoms with E-state index in [4.69, 9.17) is 18.9 Å². The van der Waals surface area contributed by atoms with Gasteiger partial charge in [-0.2, -0.15) is 0 Å². The fourth-order valence-electron chi connectivity index (χ4n) is 3.24. The number of rotatable bonds is 9. The molecule has 3 aromatic rings. The van der Waals surface area contributed by atoms with Gasteiger partial charge in [0.2, 0.25) is 0 Å². The zero-order chi connectivity index (χ0) is 32.6. The van der Waals surface area contributed by atoms with Crippen LogP contribution in [0.4, 0.5) is 0 Å². The minimum absolute atomic E-state index is 0.00952. The molecule has 0 saturated heterocycles. The van der Waals surface area contributed by atoms with Crippen LogP contribution in [0.25, 0.3) is 11.1 Å². The van der Waals surface area contributed by atoms with E-state index in [0.717, 1.165) is 5.56 Å². The van der Waals surface area contributed by atoms with Gasteiger partial charge >= 0.3 is 23.9 Å². The summed E-state index contributed by atoms with van der Waals surface area (Å²) in [5.74, 6) is 3.53. The van der Waals surface area contributed by atoms with E-state index in [-0.39, 0.29) is 45.3 Å². The molecule has 0 aromatic heterocycles. The van der Waals surface area contributed by atoms with Gasteiger partial charge in [0.05, 0.1) is 0 Å². The van der Waals surface area contributed by atoms with Crippen molar-refractivity contribution >= 4 is 23.9 Å². The van der Waals surface area contributed by atoms with E-state index >= 15 is 0 Å². The van der Waals surface area contributed by atoms with Crippen LogP contribution >= 0.6 is 0 Å². The van der Waals surface area contributed by atoms with Crippen molar-refractivity contribution in [2.24, 2.45) is 0 Å². The molecule has 0 N–H and O–H groups in total. The molecule has 8 nitrogen and oxygen atoms in total. The van der Waals surface area contributed by atoms with Crippen molar-refractivity contribution in [2.45, 2.75) is 27.7 Å². The predicted molar refractivity (Wildman–Crippen MR) is 166 cm³/mol. The quantitative estimate of drug-likeness (QED) is 0.118. The molecule has 0 heterocycles. The third-order valence-corrected chi connectivity index (χ3v) is 5.66. The van der Waals surface area contributed by atoms with Crippen molar-refractivity contribution in [1.82, 2.24) is 0 Å². The molecule has 0 unspecified atom stereocenters. The molecule has 0 saturated carbocycles. The van der Waals surface area contributed by atoms with Gasteiger partial charge < -0.3 is 18.9 Å². The van der Waals surface area contributed by atoms with E-state index in [0.29, 0.717) is 16.7 Å². The lowest BCUT2D eigenvalue weighted by Crippen LogP contribution is -2.12. The first-order valence-electron chi connectivity index (χ1n) is 13.2. The average Bonchev–Trinajstić information content (AvgIpc) is 2.97. The SMILES string of the molecule is C=C(C)C(=O)Oc1ccc(C#Cc2ccc(-c3ccc(OC(=O)C(=C)C)c(OC(=O)C(=C)C)c3)cc2)cc1OC(=O)C(=C)C. The molecule has 0 bridgehead atoms. The molecule has 8 heteroatoms. The first-order valence-corrected chi connectivity index (χ1v) is 13.2. The molecule has 0 radical (unpaired) electrons. The predicted octanol–water partition coefficient (Wildman–Crippen LogP) is 6.68. The summed E-state index contributed by atoms with van der Waals surface area (Å²) in [6.45, 7) is 20.3. The Balaban J connectivity index is 1.89. The molecule has 0 fully saturated rings. The summed E-state index contributed by atoms with van der Waals surface area (Å²) in [6, 6.07) is 16.6. The molecule has 0 amide bonds. The molecule has 0 atom stereocenters. The second-order valence-electron chi connectivity index (χ2n) is 9.83. The summed E-state index contributed by atoms with van der Waals surface area (Å²) in [4.78, 5) is 48.5. The third-order valence-electron chi connectivity index (χ3n) is 5.66. The van der Waals surface area contributed by atoms with Crippen molar-refractivity contribution in [1.29, 1.82) is 0 Å². The van der Waals surface area contributed by atoms with Crippen LogP contribution in [0.2, 0.25) is 0 Å². The maximum Gasteiger partial charge on any atom is 0.338 e. The number of benzene rings is 3. The minimum atomic E-state index is -0.683. The first kappa shape index (κ1) is 32.6. The Kier molecular flexibility index (Phi) is 10.6. The van der Waals surface area contributed by atoms with Gasteiger partial charge in [0, 0.05) is 39.5 Å². The topological polar surface area (TPSA) is 105 Å². The van der Waals surface area contributed by atoms with Crippen LogP contribution in [0.5, 0.6) is 23.0 Å². The second-order valence-corrected chi connectivity index (χ2v) is 9.83. The Labute approximate surface area is 255 Å². The minimum Gasteiger partial charge on any atom is -0.419 e. The molecule has 0 spiro atoms. The fourth-order valence-corrected chi connectivity index (χ4v) is 3.24. The summed E-state index contributed by atoms with van der Waals surface area (Å²) in [5.41, 5.74) is 3.36. The Morgan fingerprint density at radius 2 is 0.795 bits per heavy atom. The number of ether oxygens (including phenoxy) is 4. The summed E-state index contributed by atoms with van der Waals surface area (Å²) in [5, 5.41) is 0. The maximum atomic E-state index is 12.2. The molecule has 3 aromatic carbocycles. The van der Waals surface area contributed by atoms with E-state index in [9.17, 15) is 19.2 Å². The number of hydrogen-bond acceptors (Lipinski definition) is 8. The zero-order valence-electron chi connectivity index (χ0n) is 24.9. The highest BCUT2D eigenvalue weighted by molar-refractivity contribution is 5.92. The van der Waals surface area contributed by atoms with E-state index in [1.54, 1.807) is 30.3 Å². The van der Waals surface area contributed by atoms with E-state index < -0.39 is 23.9 Å². The van der Waals surface area contributed by atoms with Crippen molar-refractivity contribution < 1.29 is 38.1 Å². The Morgan fingerprint density at radius 3 is 1.25 bits per heavy atom. The van der Waals surface area contributed by atoms with Crippen LogP contribution in [-0.2, 0) is 19.2 Å². The van der Waals surface area contributed by atoms with Gasteiger partial charge in [0.15, 0.2) is 23.0 Å². The monoisotopic (exact) mass is 590 g/mol. The fraction of sp³-hybridized carbons (Fsp3) is 0.111. The first-order chi connectivity index (χ1) is 20.7. The Hall–Kier alpha value is -5.94. The summed E-state index contributed by atoms with van der Waals surface area (Å²) >= 11 is 0.